The smallest absolute Gasteiger partial charge is 0.297 e. The van der Waals surface area contributed by atoms with Gasteiger partial charge in [-0.2, -0.15) is 0 Å². The van der Waals surface area contributed by atoms with Gasteiger partial charge in [0.05, 0.1) is 17.0 Å². The number of halogens is 1. The quantitative estimate of drug-likeness (QED) is 0.481. The molecule has 0 spiro atoms. The predicted molar refractivity (Wildman–Crippen MR) is 112 cm³/mol. The molecule has 1 aliphatic rings. The van der Waals surface area contributed by atoms with E-state index in [4.69, 9.17) is 4.42 Å². The van der Waals surface area contributed by atoms with Crippen LogP contribution in [0.3, 0.4) is 0 Å². The topological polar surface area (TPSA) is 76.3 Å². The minimum atomic E-state index is -0.776. The molecular weight excluding hydrogens is 405 g/mol. The second kappa shape index (κ2) is 6.84. The summed E-state index contributed by atoms with van der Waals surface area (Å²) in [5.74, 6) is -0.746. The lowest BCUT2D eigenvalue weighted by Gasteiger charge is -2.22. The Bertz CT molecular complexity index is 1340. The highest BCUT2D eigenvalue weighted by Crippen LogP contribution is 2.42. The highest BCUT2D eigenvalue weighted by atomic mass is 32.1. The molecule has 0 bridgehead atoms. The molecule has 0 saturated carbocycles. The van der Waals surface area contributed by atoms with Crippen LogP contribution in [0.15, 0.2) is 57.7 Å². The first-order valence-corrected chi connectivity index (χ1v) is 10.3. The first-order chi connectivity index (χ1) is 14.5. The Morgan fingerprint density at radius 1 is 1.07 bits per heavy atom. The standard InChI is InChI=1S/C22H16FN3O3S/c1-11(2)20-24-25-22(30-20)26-17(12-7-9-13(23)10-8-12)16-18(27)14-5-3-4-6-15(14)29-19(16)21(26)28/h3-11,17H,1-2H3. The average molecular weight is 421 g/mol. The van der Waals surface area contributed by atoms with Crippen LogP contribution in [-0.2, 0) is 0 Å². The average Bonchev–Trinajstić information content (AvgIpc) is 3.33. The maximum Gasteiger partial charge on any atom is 0.297 e. The molecule has 1 atom stereocenters. The van der Waals surface area contributed by atoms with Gasteiger partial charge in [0.15, 0.2) is 5.43 Å². The Morgan fingerprint density at radius 2 is 1.80 bits per heavy atom. The molecule has 8 heteroatoms. The molecule has 0 saturated heterocycles. The van der Waals surface area contributed by atoms with E-state index in [0.717, 1.165) is 5.01 Å². The summed E-state index contributed by atoms with van der Waals surface area (Å²) in [4.78, 5) is 28.2. The van der Waals surface area contributed by atoms with Crippen molar-refractivity contribution in [3.8, 4) is 0 Å². The van der Waals surface area contributed by atoms with Crippen molar-refractivity contribution in [1.82, 2.24) is 10.2 Å². The normalized spacial score (nSPS) is 15.9. The number of fused-ring (bicyclic) bond motifs is 2. The van der Waals surface area contributed by atoms with Crippen LogP contribution in [0.5, 0.6) is 0 Å². The molecule has 5 rings (SSSR count). The lowest BCUT2D eigenvalue weighted by molar-refractivity contribution is 0.0970. The number of para-hydroxylation sites is 1. The number of carbonyl (C=O) groups is 1. The van der Waals surface area contributed by atoms with Crippen LogP contribution in [0.4, 0.5) is 9.52 Å². The summed E-state index contributed by atoms with van der Waals surface area (Å²) in [6.07, 6.45) is 0. The Kier molecular flexibility index (Phi) is 4.25. The van der Waals surface area contributed by atoms with Crippen LogP contribution < -0.4 is 10.3 Å². The maximum atomic E-state index is 13.6. The maximum absolute atomic E-state index is 13.6. The summed E-state index contributed by atoms with van der Waals surface area (Å²) in [5.41, 5.74) is 0.874. The molecule has 0 radical (unpaired) electrons. The lowest BCUT2D eigenvalue weighted by atomic mass is 9.99. The van der Waals surface area contributed by atoms with Crippen molar-refractivity contribution in [3.05, 3.63) is 86.5 Å². The second-order valence-electron chi connectivity index (χ2n) is 7.38. The van der Waals surface area contributed by atoms with E-state index in [9.17, 15) is 14.0 Å². The summed E-state index contributed by atoms with van der Waals surface area (Å²) < 4.78 is 19.4. The monoisotopic (exact) mass is 421 g/mol. The Hall–Kier alpha value is -3.39. The number of rotatable bonds is 3. The van der Waals surface area contributed by atoms with Gasteiger partial charge >= 0.3 is 0 Å². The van der Waals surface area contributed by atoms with E-state index in [2.05, 4.69) is 10.2 Å². The molecule has 2 aromatic carbocycles. The molecule has 3 heterocycles. The highest BCUT2D eigenvalue weighted by molar-refractivity contribution is 7.15. The second-order valence-corrected chi connectivity index (χ2v) is 8.36. The lowest BCUT2D eigenvalue weighted by Crippen LogP contribution is -2.29. The molecule has 0 aliphatic carbocycles. The minimum Gasteiger partial charge on any atom is -0.450 e. The number of benzene rings is 2. The number of hydrogen-bond acceptors (Lipinski definition) is 6. The summed E-state index contributed by atoms with van der Waals surface area (Å²) >= 11 is 1.29. The largest absolute Gasteiger partial charge is 0.450 e. The van der Waals surface area contributed by atoms with Crippen LogP contribution in [-0.4, -0.2) is 16.1 Å². The zero-order valence-electron chi connectivity index (χ0n) is 16.1. The van der Waals surface area contributed by atoms with Crippen LogP contribution in [0.2, 0.25) is 0 Å². The Morgan fingerprint density at radius 3 is 2.50 bits per heavy atom. The van der Waals surface area contributed by atoms with Gasteiger partial charge in [-0.1, -0.05) is 49.4 Å². The number of carbonyl (C=O) groups excluding carboxylic acids is 1. The number of hydrogen-bond donors (Lipinski definition) is 0. The molecular formula is C22H16FN3O3S. The zero-order valence-corrected chi connectivity index (χ0v) is 16.9. The van der Waals surface area contributed by atoms with Crippen LogP contribution >= 0.6 is 11.3 Å². The third kappa shape index (κ3) is 2.75. The zero-order chi connectivity index (χ0) is 21.0. The molecule has 150 valence electrons. The van der Waals surface area contributed by atoms with E-state index in [0.29, 0.717) is 21.7 Å². The molecule has 6 nitrogen and oxygen atoms in total. The van der Waals surface area contributed by atoms with Gasteiger partial charge in [0, 0.05) is 5.92 Å². The Balaban J connectivity index is 1.78. The molecule has 1 aliphatic heterocycles. The summed E-state index contributed by atoms with van der Waals surface area (Å²) in [6, 6.07) is 11.8. The summed E-state index contributed by atoms with van der Waals surface area (Å²) in [6.45, 7) is 3.97. The van der Waals surface area contributed by atoms with E-state index in [-0.39, 0.29) is 22.7 Å². The fourth-order valence-electron chi connectivity index (χ4n) is 3.63. The number of nitrogens with zero attached hydrogens (tertiary/aromatic N) is 3. The number of amides is 1. The molecule has 0 N–H and O–H groups in total. The van der Waals surface area contributed by atoms with Gasteiger partial charge in [-0.3, -0.25) is 14.5 Å². The van der Waals surface area contributed by atoms with Crippen molar-refractivity contribution in [2.24, 2.45) is 0 Å². The number of anilines is 1. The van der Waals surface area contributed by atoms with E-state index in [1.165, 1.54) is 28.4 Å². The molecule has 30 heavy (non-hydrogen) atoms. The molecule has 1 amide bonds. The van der Waals surface area contributed by atoms with Gasteiger partial charge in [-0.15, -0.1) is 10.2 Å². The highest BCUT2D eigenvalue weighted by Gasteiger charge is 2.45. The predicted octanol–water partition coefficient (Wildman–Crippen LogP) is 4.66. The van der Waals surface area contributed by atoms with Crippen molar-refractivity contribution >= 4 is 33.3 Å². The fourth-order valence-corrected chi connectivity index (χ4v) is 4.51. The van der Waals surface area contributed by atoms with Crippen LogP contribution in [0.25, 0.3) is 11.0 Å². The van der Waals surface area contributed by atoms with Crippen molar-refractivity contribution in [1.29, 1.82) is 0 Å². The van der Waals surface area contributed by atoms with Gasteiger partial charge in [0.1, 0.15) is 16.4 Å². The minimum absolute atomic E-state index is 0.0191. The fraction of sp³-hybridized carbons (Fsp3) is 0.182. The van der Waals surface area contributed by atoms with Crippen molar-refractivity contribution < 1.29 is 13.6 Å². The molecule has 0 fully saturated rings. The molecule has 1 unspecified atom stereocenters. The first kappa shape index (κ1) is 18.6. The summed E-state index contributed by atoms with van der Waals surface area (Å²) in [5, 5.41) is 9.91. The molecule has 4 aromatic rings. The number of aromatic nitrogens is 2. The van der Waals surface area contributed by atoms with Crippen molar-refractivity contribution in [2.75, 3.05) is 4.90 Å². The third-order valence-corrected chi connectivity index (χ3v) is 6.32. The summed E-state index contributed by atoms with van der Waals surface area (Å²) in [7, 11) is 0. The van der Waals surface area contributed by atoms with Crippen molar-refractivity contribution in [2.45, 2.75) is 25.8 Å². The SMILES string of the molecule is CC(C)c1nnc(N2C(=O)c3oc4ccccc4c(=O)c3C2c2ccc(F)cc2)s1. The van der Waals surface area contributed by atoms with Gasteiger partial charge < -0.3 is 4.42 Å². The van der Waals surface area contributed by atoms with Crippen molar-refractivity contribution in [3.63, 3.8) is 0 Å². The van der Waals surface area contributed by atoms with E-state index in [1.807, 2.05) is 13.8 Å². The van der Waals surface area contributed by atoms with Crippen LogP contribution in [0.1, 0.15) is 52.5 Å². The first-order valence-electron chi connectivity index (χ1n) is 9.44. The van der Waals surface area contributed by atoms with Gasteiger partial charge in [-0.25, -0.2) is 4.39 Å². The molecule has 2 aromatic heterocycles. The Labute approximate surface area is 174 Å². The third-order valence-electron chi connectivity index (χ3n) is 5.09. The van der Waals surface area contributed by atoms with E-state index in [1.54, 1.807) is 36.4 Å². The van der Waals surface area contributed by atoms with Crippen LogP contribution in [0, 0.1) is 5.82 Å². The van der Waals surface area contributed by atoms with Gasteiger partial charge in [0.25, 0.3) is 5.91 Å². The van der Waals surface area contributed by atoms with E-state index < -0.39 is 17.8 Å². The van der Waals surface area contributed by atoms with Gasteiger partial charge in [-0.05, 0) is 29.8 Å². The van der Waals surface area contributed by atoms with E-state index >= 15 is 0 Å². The van der Waals surface area contributed by atoms with Gasteiger partial charge in [0.2, 0.25) is 10.9 Å².